The van der Waals surface area contributed by atoms with E-state index in [2.05, 4.69) is 11.6 Å². The van der Waals surface area contributed by atoms with Crippen molar-refractivity contribution < 1.29 is 23.8 Å². The molecule has 0 radical (unpaired) electrons. The summed E-state index contributed by atoms with van der Waals surface area (Å²) in [6.07, 6.45) is 6.36. The molecule has 1 aromatic carbocycles. The van der Waals surface area contributed by atoms with Crippen molar-refractivity contribution in [2.24, 2.45) is 5.92 Å². The number of halogens is 1. The van der Waals surface area contributed by atoms with Gasteiger partial charge in [-0.05, 0) is 49.1 Å². The van der Waals surface area contributed by atoms with E-state index in [1.165, 1.54) is 11.1 Å². The van der Waals surface area contributed by atoms with E-state index < -0.39 is 6.04 Å². The van der Waals surface area contributed by atoms with Gasteiger partial charge in [0.25, 0.3) is 5.91 Å². The van der Waals surface area contributed by atoms with Crippen LogP contribution in [0.4, 0.5) is 5.82 Å². The lowest BCUT2D eigenvalue weighted by atomic mass is 9.77. The molecular formula is C26H25ClN2O5. The number of fused-ring (bicyclic) bond motifs is 1. The van der Waals surface area contributed by atoms with Crippen LogP contribution in [0.2, 0.25) is 5.02 Å². The molecule has 3 aliphatic rings. The number of methoxy groups -OCH3 is 1. The van der Waals surface area contributed by atoms with E-state index in [1.54, 1.807) is 37.5 Å². The Labute approximate surface area is 203 Å². The number of rotatable bonds is 6. The highest BCUT2D eigenvalue weighted by molar-refractivity contribution is 6.30. The summed E-state index contributed by atoms with van der Waals surface area (Å²) in [5.74, 6) is 0.909. The summed E-state index contributed by atoms with van der Waals surface area (Å²) in [4.78, 5) is 33.3. The Balaban J connectivity index is 1.63. The van der Waals surface area contributed by atoms with Crippen LogP contribution in [-0.2, 0) is 14.3 Å². The number of hydrogen-bond donors (Lipinski definition) is 0. The number of aromatic nitrogens is 1. The number of carbonyl (C=O) groups is 2. The maximum Gasteiger partial charge on any atom is 0.295 e. The van der Waals surface area contributed by atoms with Gasteiger partial charge >= 0.3 is 0 Å². The van der Waals surface area contributed by atoms with Crippen LogP contribution in [0, 0.1) is 5.92 Å². The number of ether oxygens (including phenoxy) is 3. The topological polar surface area (TPSA) is 78.0 Å². The number of ketones is 1. The zero-order valence-corrected chi connectivity index (χ0v) is 19.6. The first-order valence-corrected chi connectivity index (χ1v) is 11.7. The van der Waals surface area contributed by atoms with E-state index in [0.717, 1.165) is 25.7 Å². The van der Waals surface area contributed by atoms with Crippen molar-refractivity contribution in [3.63, 3.8) is 0 Å². The second-order valence-electron chi connectivity index (χ2n) is 8.58. The summed E-state index contributed by atoms with van der Waals surface area (Å²) in [6, 6.07) is 8.02. The number of hydrogen-bond acceptors (Lipinski definition) is 6. The van der Waals surface area contributed by atoms with Gasteiger partial charge in [0, 0.05) is 6.20 Å². The monoisotopic (exact) mass is 480 g/mol. The van der Waals surface area contributed by atoms with Crippen LogP contribution >= 0.6 is 11.6 Å². The van der Waals surface area contributed by atoms with Gasteiger partial charge in [-0.2, -0.15) is 0 Å². The number of nitrogens with zero attached hydrogens (tertiary/aromatic N) is 2. The Kier molecular flexibility index (Phi) is 6.04. The van der Waals surface area contributed by atoms with E-state index >= 15 is 0 Å². The van der Waals surface area contributed by atoms with Crippen LogP contribution in [0.25, 0.3) is 0 Å². The summed E-state index contributed by atoms with van der Waals surface area (Å²) in [6.45, 7) is 4.00. The van der Waals surface area contributed by atoms with Gasteiger partial charge in [-0.1, -0.05) is 36.7 Å². The molecule has 1 aliphatic carbocycles. The predicted octanol–water partition coefficient (Wildman–Crippen LogP) is 4.81. The Morgan fingerprint density at radius 1 is 1.21 bits per heavy atom. The molecule has 5 rings (SSSR count). The predicted molar refractivity (Wildman–Crippen MR) is 127 cm³/mol. The van der Waals surface area contributed by atoms with Crippen molar-refractivity contribution >= 4 is 29.1 Å². The average Bonchev–Trinajstić information content (AvgIpc) is 3.15. The molecule has 0 saturated heterocycles. The van der Waals surface area contributed by atoms with E-state index in [1.807, 2.05) is 6.07 Å². The first kappa shape index (κ1) is 22.5. The summed E-state index contributed by atoms with van der Waals surface area (Å²) < 4.78 is 17.4. The average molecular weight is 481 g/mol. The van der Waals surface area contributed by atoms with Gasteiger partial charge < -0.3 is 14.2 Å². The molecule has 7 nitrogen and oxygen atoms in total. The van der Waals surface area contributed by atoms with E-state index in [9.17, 15) is 9.59 Å². The number of anilines is 1. The molecular weight excluding hydrogens is 456 g/mol. The fraction of sp³-hybridized carbons (Fsp3) is 0.346. The summed E-state index contributed by atoms with van der Waals surface area (Å²) in [7, 11) is 1.55. The highest BCUT2D eigenvalue weighted by atomic mass is 35.5. The molecule has 2 aliphatic heterocycles. The third-order valence-corrected chi connectivity index (χ3v) is 6.81. The lowest BCUT2D eigenvalue weighted by molar-refractivity contribution is -0.131. The molecule has 3 heterocycles. The Morgan fingerprint density at radius 3 is 2.76 bits per heavy atom. The van der Waals surface area contributed by atoms with E-state index in [-0.39, 0.29) is 29.5 Å². The zero-order chi connectivity index (χ0) is 23.8. The largest absolute Gasteiger partial charge is 0.493 e. The quantitative estimate of drug-likeness (QED) is 0.552. The van der Waals surface area contributed by atoms with Gasteiger partial charge in [-0.3, -0.25) is 14.5 Å². The minimum atomic E-state index is -0.700. The first-order chi connectivity index (χ1) is 16.5. The number of pyridine rings is 1. The second-order valence-corrected chi connectivity index (χ2v) is 9.01. The molecule has 176 valence electrons. The molecule has 34 heavy (non-hydrogen) atoms. The zero-order valence-electron chi connectivity index (χ0n) is 18.8. The fourth-order valence-corrected chi connectivity index (χ4v) is 5.14. The highest BCUT2D eigenvalue weighted by Gasteiger charge is 2.52. The maximum absolute atomic E-state index is 13.7. The van der Waals surface area contributed by atoms with Crippen LogP contribution in [0.15, 0.2) is 60.5 Å². The number of Topliss-reactive ketones (excluding diaryl/α,β-unsaturated/α-hetero) is 1. The van der Waals surface area contributed by atoms with Crippen molar-refractivity contribution in [2.45, 2.75) is 37.8 Å². The molecule has 0 spiro atoms. The number of carbonyl (C=O) groups excluding carboxylic acids is 2. The molecule has 1 saturated carbocycles. The van der Waals surface area contributed by atoms with E-state index in [0.29, 0.717) is 40.1 Å². The van der Waals surface area contributed by atoms with Gasteiger partial charge in [0.15, 0.2) is 23.0 Å². The van der Waals surface area contributed by atoms with Gasteiger partial charge in [-0.15, -0.1) is 0 Å². The van der Waals surface area contributed by atoms with Gasteiger partial charge in [0.2, 0.25) is 0 Å². The SMILES string of the molecule is C=CCOc1ccc(C2C3=C(OC4CCCCC4C3=O)C(=O)N2c2ccc(Cl)cn2)cc1OC. The smallest absolute Gasteiger partial charge is 0.295 e. The first-order valence-electron chi connectivity index (χ1n) is 11.3. The minimum absolute atomic E-state index is 0.0216. The van der Waals surface area contributed by atoms with Crippen molar-refractivity contribution in [1.29, 1.82) is 0 Å². The molecule has 1 aromatic heterocycles. The highest BCUT2D eigenvalue weighted by Crippen LogP contribution is 2.49. The maximum atomic E-state index is 13.7. The Bertz CT molecular complexity index is 1180. The molecule has 1 fully saturated rings. The molecule has 8 heteroatoms. The summed E-state index contributed by atoms with van der Waals surface area (Å²) >= 11 is 6.04. The third kappa shape index (κ3) is 3.74. The molecule has 1 amide bonds. The molecule has 0 N–H and O–H groups in total. The van der Waals surface area contributed by atoms with Crippen molar-refractivity contribution in [2.75, 3.05) is 18.6 Å². The van der Waals surface area contributed by atoms with E-state index in [4.69, 9.17) is 25.8 Å². The van der Waals surface area contributed by atoms with Crippen molar-refractivity contribution in [1.82, 2.24) is 4.98 Å². The van der Waals surface area contributed by atoms with Crippen LogP contribution in [-0.4, -0.2) is 36.5 Å². The Hall–Kier alpha value is -3.32. The standard InChI is InChI=1S/C26H25ClN2O5/c1-3-12-33-19-10-8-15(13-20(19)32-2)23-22-24(30)17-6-4-5-7-18(17)34-25(22)26(31)29(23)21-11-9-16(27)14-28-21/h3,8-11,13-14,17-18,23H,1,4-7,12H2,2H3. The van der Waals surface area contributed by atoms with Gasteiger partial charge in [0.1, 0.15) is 18.5 Å². The van der Waals surface area contributed by atoms with Crippen molar-refractivity contribution in [3.8, 4) is 11.5 Å². The second kappa shape index (κ2) is 9.14. The van der Waals surface area contributed by atoms with Crippen LogP contribution in [0.1, 0.15) is 37.3 Å². The van der Waals surface area contributed by atoms with Gasteiger partial charge in [0.05, 0.1) is 29.7 Å². The van der Waals surface area contributed by atoms with Gasteiger partial charge in [-0.25, -0.2) is 4.98 Å². The molecule has 3 unspecified atom stereocenters. The van der Waals surface area contributed by atoms with Crippen LogP contribution in [0.3, 0.4) is 0 Å². The lowest BCUT2D eigenvalue weighted by Gasteiger charge is -2.35. The minimum Gasteiger partial charge on any atom is -0.493 e. The summed E-state index contributed by atoms with van der Waals surface area (Å²) in [5, 5.41) is 0.452. The lowest BCUT2D eigenvalue weighted by Crippen LogP contribution is -2.39. The summed E-state index contributed by atoms with van der Waals surface area (Å²) in [5.41, 5.74) is 1.08. The number of amides is 1. The van der Waals surface area contributed by atoms with Crippen molar-refractivity contribution in [3.05, 3.63) is 71.1 Å². The number of benzene rings is 1. The molecule has 0 bridgehead atoms. The molecule has 3 atom stereocenters. The van der Waals surface area contributed by atoms with Crippen LogP contribution in [0.5, 0.6) is 11.5 Å². The fourth-order valence-electron chi connectivity index (χ4n) is 5.03. The Morgan fingerprint density at radius 2 is 2.03 bits per heavy atom. The van der Waals surface area contributed by atoms with Crippen LogP contribution < -0.4 is 14.4 Å². The normalized spacial score (nSPS) is 23.8. The molecule has 2 aromatic rings. The third-order valence-electron chi connectivity index (χ3n) is 6.58.